The number of aromatic amines is 1. The summed E-state index contributed by atoms with van der Waals surface area (Å²) < 4.78 is 1.49. The van der Waals surface area contributed by atoms with Crippen LogP contribution < -0.4 is 5.56 Å². The van der Waals surface area contributed by atoms with Crippen molar-refractivity contribution in [1.29, 1.82) is 0 Å². The van der Waals surface area contributed by atoms with Crippen molar-refractivity contribution in [2.24, 2.45) is 11.3 Å². The molecule has 162 valence electrons. The summed E-state index contributed by atoms with van der Waals surface area (Å²) in [5, 5.41) is 3.21. The van der Waals surface area contributed by atoms with Crippen LogP contribution in [0.4, 0.5) is 0 Å². The number of fused-ring (bicyclic) bond motifs is 2. The van der Waals surface area contributed by atoms with Gasteiger partial charge in [-0.15, -0.1) is 0 Å². The van der Waals surface area contributed by atoms with Gasteiger partial charge < -0.3 is 9.80 Å². The number of amides is 2. The molecule has 2 aliphatic rings. The lowest BCUT2D eigenvalue weighted by molar-refractivity contribution is -0.140. The molecular formula is C22H31N5O3. The monoisotopic (exact) mass is 413 g/mol. The van der Waals surface area contributed by atoms with Crippen LogP contribution in [0.3, 0.4) is 0 Å². The molecule has 0 saturated carbocycles. The first-order chi connectivity index (χ1) is 14.1. The average Bonchev–Trinajstić information content (AvgIpc) is 3.32. The first-order valence-corrected chi connectivity index (χ1v) is 10.8. The lowest BCUT2D eigenvalue weighted by Crippen LogP contribution is -2.41. The molecular weight excluding hydrogens is 382 g/mol. The normalized spacial score (nSPS) is 19.6. The van der Waals surface area contributed by atoms with E-state index >= 15 is 0 Å². The van der Waals surface area contributed by atoms with Gasteiger partial charge in [-0.2, -0.15) is 0 Å². The number of carbonyl (C=O) groups is 2. The second kappa shape index (κ2) is 7.25. The van der Waals surface area contributed by atoms with E-state index in [-0.39, 0.29) is 29.3 Å². The SMILES string of the molecule is CC(C)C(=O)N1CCc2c(nc3cc([C@@H]4CCCN4C(=O)C(C)(C)C)[nH]n3c2=O)C1. The van der Waals surface area contributed by atoms with E-state index in [1.54, 1.807) is 4.90 Å². The molecule has 0 aliphatic carbocycles. The molecule has 1 atom stereocenters. The van der Waals surface area contributed by atoms with Crippen LogP contribution in [0.25, 0.3) is 5.65 Å². The highest BCUT2D eigenvalue weighted by Gasteiger charge is 2.37. The molecule has 2 amide bonds. The fraction of sp³-hybridized carbons (Fsp3) is 0.636. The highest BCUT2D eigenvalue weighted by molar-refractivity contribution is 5.82. The summed E-state index contributed by atoms with van der Waals surface area (Å²) in [7, 11) is 0. The Labute approximate surface area is 176 Å². The molecule has 1 N–H and O–H groups in total. The molecule has 1 fully saturated rings. The molecule has 0 spiro atoms. The van der Waals surface area contributed by atoms with E-state index in [1.807, 2.05) is 45.6 Å². The summed E-state index contributed by atoms with van der Waals surface area (Å²) in [5.74, 6) is 0.120. The second-order valence-corrected chi connectivity index (χ2v) is 9.82. The standard InChI is InChI=1S/C22H31N5O3/c1-13(2)19(28)25-10-8-14-16(12-25)23-18-11-15(24-27(18)20(14)29)17-7-6-9-26(17)21(30)22(3,4)5/h11,13,17,24H,6-10,12H2,1-5H3/t17-/m0/s1. The van der Waals surface area contributed by atoms with Crippen molar-refractivity contribution >= 4 is 17.5 Å². The molecule has 2 aromatic rings. The number of hydrogen-bond donors (Lipinski definition) is 1. The first kappa shape index (κ1) is 20.6. The third-order valence-electron chi connectivity index (χ3n) is 6.11. The zero-order chi connectivity index (χ0) is 21.8. The highest BCUT2D eigenvalue weighted by atomic mass is 16.2. The Morgan fingerprint density at radius 1 is 1.23 bits per heavy atom. The predicted molar refractivity (Wildman–Crippen MR) is 113 cm³/mol. The minimum Gasteiger partial charge on any atom is -0.336 e. The third kappa shape index (κ3) is 3.42. The highest BCUT2D eigenvalue weighted by Crippen LogP contribution is 2.35. The van der Waals surface area contributed by atoms with Crippen LogP contribution in [-0.4, -0.2) is 49.3 Å². The topological polar surface area (TPSA) is 90.8 Å². The number of hydrogen-bond acceptors (Lipinski definition) is 4. The zero-order valence-electron chi connectivity index (χ0n) is 18.5. The van der Waals surface area contributed by atoms with Gasteiger partial charge >= 0.3 is 0 Å². The van der Waals surface area contributed by atoms with E-state index in [2.05, 4.69) is 5.10 Å². The van der Waals surface area contributed by atoms with Crippen molar-refractivity contribution in [2.75, 3.05) is 13.1 Å². The number of nitrogens with zero attached hydrogens (tertiary/aromatic N) is 4. The fourth-order valence-corrected chi connectivity index (χ4v) is 4.50. The van der Waals surface area contributed by atoms with Crippen molar-refractivity contribution in [3.63, 3.8) is 0 Å². The predicted octanol–water partition coefficient (Wildman–Crippen LogP) is 2.27. The van der Waals surface area contributed by atoms with Gasteiger partial charge in [0.05, 0.1) is 24.0 Å². The number of H-pyrrole nitrogens is 1. The van der Waals surface area contributed by atoms with E-state index in [1.165, 1.54) is 4.52 Å². The van der Waals surface area contributed by atoms with Gasteiger partial charge in [-0.25, -0.2) is 9.50 Å². The number of carbonyl (C=O) groups excluding carboxylic acids is 2. The Kier molecular flexibility index (Phi) is 4.98. The number of aromatic nitrogens is 3. The van der Waals surface area contributed by atoms with Gasteiger partial charge in [-0.05, 0) is 19.3 Å². The second-order valence-electron chi connectivity index (χ2n) is 9.82. The summed E-state index contributed by atoms with van der Waals surface area (Å²) in [6, 6.07) is 1.80. The molecule has 1 saturated heterocycles. The maximum atomic E-state index is 13.1. The number of likely N-dealkylation sites (tertiary alicyclic amines) is 1. The van der Waals surface area contributed by atoms with Gasteiger partial charge in [0.25, 0.3) is 5.56 Å². The summed E-state index contributed by atoms with van der Waals surface area (Å²) >= 11 is 0. The maximum Gasteiger partial charge on any atom is 0.276 e. The summed E-state index contributed by atoms with van der Waals surface area (Å²) in [6.45, 7) is 11.2. The minimum absolute atomic E-state index is 0.0751. The van der Waals surface area contributed by atoms with E-state index < -0.39 is 5.41 Å². The van der Waals surface area contributed by atoms with Crippen molar-refractivity contribution in [1.82, 2.24) is 24.4 Å². The van der Waals surface area contributed by atoms with Gasteiger partial charge in [0.15, 0.2) is 5.65 Å². The van der Waals surface area contributed by atoms with E-state index in [9.17, 15) is 14.4 Å². The van der Waals surface area contributed by atoms with Gasteiger partial charge in [0, 0.05) is 36.1 Å². The molecule has 8 heteroatoms. The third-order valence-corrected chi connectivity index (χ3v) is 6.11. The maximum absolute atomic E-state index is 13.1. The van der Waals surface area contributed by atoms with Crippen LogP contribution in [0.15, 0.2) is 10.9 Å². The quantitative estimate of drug-likeness (QED) is 0.818. The molecule has 8 nitrogen and oxygen atoms in total. The lowest BCUT2D eigenvalue weighted by atomic mass is 9.94. The molecule has 4 rings (SSSR count). The summed E-state index contributed by atoms with van der Waals surface area (Å²) in [5.41, 5.74) is 2.18. The lowest BCUT2D eigenvalue weighted by Gasteiger charge is -2.30. The molecule has 2 aliphatic heterocycles. The Balaban J connectivity index is 1.69. The summed E-state index contributed by atoms with van der Waals surface area (Å²) in [4.78, 5) is 46.8. The van der Waals surface area contributed by atoms with E-state index in [0.29, 0.717) is 36.4 Å². The molecule has 4 heterocycles. The Hall–Kier alpha value is -2.64. The smallest absolute Gasteiger partial charge is 0.276 e. The number of rotatable bonds is 2. The Morgan fingerprint density at radius 2 is 1.97 bits per heavy atom. The van der Waals surface area contributed by atoms with Crippen LogP contribution in [0.2, 0.25) is 0 Å². The molecule has 0 bridgehead atoms. The fourth-order valence-electron chi connectivity index (χ4n) is 4.50. The van der Waals surface area contributed by atoms with Crippen molar-refractivity contribution in [3.8, 4) is 0 Å². The molecule has 0 aromatic carbocycles. The summed E-state index contributed by atoms with van der Waals surface area (Å²) in [6.07, 6.45) is 2.31. The Morgan fingerprint density at radius 3 is 2.63 bits per heavy atom. The van der Waals surface area contributed by atoms with Crippen LogP contribution in [0.1, 0.15) is 70.5 Å². The molecule has 30 heavy (non-hydrogen) atoms. The first-order valence-electron chi connectivity index (χ1n) is 10.8. The number of nitrogens with one attached hydrogen (secondary N) is 1. The van der Waals surface area contributed by atoms with E-state index in [4.69, 9.17) is 4.98 Å². The van der Waals surface area contributed by atoms with Crippen LogP contribution in [-0.2, 0) is 22.6 Å². The molecule has 0 radical (unpaired) electrons. The Bertz CT molecular complexity index is 1060. The minimum atomic E-state index is -0.449. The molecule has 2 aromatic heterocycles. The molecule has 0 unspecified atom stereocenters. The van der Waals surface area contributed by atoms with Crippen molar-refractivity contribution in [2.45, 2.75) is 66.5 Å². The van der Waals surface area contributed by atoms with Gasteiger partial charge in [-0.1, -0.05) is 34.6 Å². The van der Waals surface area contributed by atoms with Crippen LogP contribution >= 0.6 is 0 Å². The largest absolute Gasteiger partial charge is 0.336 e. The average molecular weight is 414 g/mol. The zero-order valence-corrected chi connectivity index (χ0v) is 18.5. The van der Waals surface area contributed by atoms with Gasteiger partial charge in [0.2, 0.25) is 11.8 Å². The van der Waals surface area contributed by atoms with Gasteiger partial charge in [0.1, 0.15) is 0 Å². The van der Waals surface area contributed by atoms with Crippen molar-refractivity contribution < 1.29 is 9.59 Å². The van der Waals surface area contributed by atoms with E-state index in [0.717, 1.165) is 25.1 Å². The van der Waals surface area contributed by atoms with Crippen LogP contribution in [0.5, 0.6) is 0 Å². The van der Waals surface area contributed by atoms with Crippen molar-refractivity contribution in [3.05, 3.63) is 33.4 Å². The van der Waals surface area contributed by atoms with Crippen LogP contribution in [0, 0.1) is 11.3 Å². The van der Waals surface area contributed by atoms with Gasteiger partial charge in [-0.3, -0.25) is 19.5 Å².